The van der Waals surface area contributed by atoms with Gasteiger partial charge in [0.15, 0.2) is 0 Å². The smallest absolute Gasteiger partial charge is 0.106 e. The van der Waals surface area contributed by atoms with Crippen LogP contribution in [-0.2, 0) is 11.8 Å². The summed E-state index contributed by atoms with van der Waals surface area (Å²) in [5.41, 5.74) is 5.22. The van der Waals surface area contributed by atoms with Gasteiger partial charge < -0.3 is 14.6 Å². The molecule has 0 unspecified atom stereocenters. The highest BCUT2D eigenvalue weighted by Gasteiger charge is 2.02. The number of imidazole rings is 1. The van der Waals surface area contributed by atoms with Crippen LogP contribution in [0.5, 0.6) is 0 Å². The number of fused-ring (bicyclic) bond motifs is 1. The second-order valence-electron chi connectivity index (χ2n) is 3.69. The molecule has 0 radical (unpaired) electrons. The molecule has 1 aromatic heterocycles. The van der Waals surface area contributed by atoms with Gasteiger partial charge in [-0.15, -0.1) is 0 Å². The number of aromatic nitrogens is 2. The first-order valence-electron chi connectivity index (χ1n) is 5.79. The summed E-state index contributed by atoms with van der Waals surface area (Å²) in [5.74, 6) is 1.05. The molecule has 0 fully saturated rings. The third-order valence-electron chi connectivity index (χ3n) is 2.49. The van der Waals surface area contributed by atoms with Gasteiger partial charge in [0.1, 0.15) is 12.6 Å². The molecule has 0 aliphatic rings. The van der Waals surface area contributed by atoms with Gasteiger partial charge in [0.2, 0.25) is 0 Å². The minimum Gasteiger partial charge on any atom is -0.331 e. The van der Waals surface area contributed by atoms with E-state index in [1.165, 1.54) is 18.1 Å². The largest absolute Gasteiger partial charge is 0.331 e. The lowest BCUT2D eigenvalue weighted by molar-refractivity contribution is -0.0979. The fourth-order valence-electron chi connectivity index (χ4n) is 1.63. The standard InChI is InChI=1S/C12H14N2.CH5NO.CH2O/c1-4-5-10-6-7-12-11(8-10)13-9(2)14(12)3;1-2-3;1-2/h4-8H,1-3H3;2-3H,1H3;1H2/b5-4+;;. The first kappa shape index (κ1) is 17.0. The van der Waals surface area contributed by atoms with Gasteiger partial charge in [0.05, 0.1) is 11.0 Å². The third-order valence-corrected chi connectivity index (χ3v) is 2.49. The van der Waals surface area contributed by atoms with Gasteiger partial charge >= 0.3 is 0 Å². The van der Waals surface area contributed by atoms with E-state index < -0.39 is 0 Å². The van der Waals surface area contributed by atoms with Crippen LogP contribution in [-0.4, -0.2) is 28.6 Å². The van der Waals surface area contributed by atoms with Crippen LogP contribution < -0.4 is 5.48 Å². The molecule has 0 aliphatic carbocycles. The minimum absolute atomic E-state index is 1.05. The molecule has 0 saturated carbocycles. The average Bonchev–Trinajstić information content (AvgIpc) is 2.69. The van der Waals surface area contributed by atoms with E-state index >= 15 is 0 Å². The second-order valence-corrected chi connectivity index (χ2v) is 3.69. The van der Waals surface area contributed by atoms with Gasteiger partial charge in [0.25, 0.3) is 0 Å². The number of benzene rings is 1. The Balaban J connectivity index is 0.000000573. The third kappa shape index (κ3) is 4.65. The summed E-state index contributed by atoms with van der Waals surface area (Å²) >= 11 is 0. The quantitative estimate of drug-likeness (QED) is 0.775. The predicted molar refractivity (Wildman–Crippen MR) is 78.1 cm³/mol. The lowest BCUT2D eigenvalue weighted by Crippen LogP contribution is -1.91. The molecular weight excluding hydrogens is 242 g/mol. The first-order valence-corrected chi connectivity index (χ1v) is 5.79. The van der Waals surface area contributed by atoms with Gasteiger partial charge in [-0.25, -0.2) is 10.5 Å². The molecule has 1 aromatic carbocycles. The fourth-order valence-corrected chi connectivity index (χ4v) is 1.63. The van der Waals surface area contributed by atoms with Crippen LogP contribution >= 0.6 is 0 Å². The van der Waals surface area contributed by atoms with Gasteiger partial charge in [0, 0.05) is 14.1 Å². The normalized spacial score (nSPS) is 9.74. The maximum atomic E-state index is 8.00. The molecular formula is C14H21N3O2. The maximum Gasteiger partial charge on any atom is 0.106 e. The number of hydroxylamine groups is 1. The number of carbonyl (C=O) groups excluding carboxylic acids is 1. The fraction of sp³-hybridized carbons (Fsp3) is 0.286. The number of aryl methyl sites for hydroxylation is 2. The van der Waals surface area contributed by atoms with E-state index in [0.717, 1.165) is 11.3 Å². The van der Waals surface area contributed by atoms with Crippen molar-refractivity contribution in [1.82, 2.24) is 15.0 Å². The van der Waals surface area contributed by atoms with Crippen molar-refractivity contribution in [3.8, 4) is 0 Å². The highest BCUT2D eigenvalue weighted by atomic mass is 16.5. The Labute approximate surface area is 113 Å². The summed E-state index contributed by atoms with van der Waals surface area (Å²) in [5, 5.41) is 7.32. The zero-order valence-electron chi connectivity index (χ0n) is 11.8. The monoisotopic (exact) mass is 263 g/mol. The first-order chi connectivity index (χ1) is 9.13. The summed E-state index contributed by atoms with van der Waals surface area (Å²) in [6.07, 6.45) is 4.13. The molecule has 5 heteroatoms. The van der Waals surface area contributed by atoms with Crippen molar-refractivity contribution in [2.45, 2.75) is 13.8 Å². The molecule has 2 aromatic rings. The minimum atomic E-state index is 1.05. The van der Waals surface area contributed by atoms with E-state index in [1.54, 1.807) is 5.48 Å². The molecule has 5 nitrogen and oxygen atoms in total. The topological polar surface area (TPSA) is 67.2 Å². The van der Waals surface area contributed by atoms with Crippen molar-refractivity contribution in [3.05, 3.63) is 35.7 Å². The Kier molecular flexibility index (Phi) is 8.08. The molecule has 1 heterocycles. The Morgan fingerprint density at radius 3 is 2.53 bits per heavy atom. The molecule has 0 aliphatic heterocycles. The van der Waals surface area contributed by atoms with Crippen LogP contribution in [0.4, 0.5) is 0 Å². The Hall–Kier alpha value is -1.98. The highest BCUT2D eigenvalue weighted by molar-refractivity contribution is 5.79. The van der Waals surface area contributed by atoms with Gasteiger partial charge in [-0.05, 0) is 31.5 Å². The number of nitrogens with one attached hydrogen (secondary N) is 1. The lowest BCUT2D eigenvalue weighted by atomic mass is 10.2. The summed E-state index contributed by atoms with van der Waals surface area (Å²) < 4.78 is 2.11. The van der Waals surface area contributed by atoms with Crippen LogP contribution in [0.1, 0.15) is 18.3 Å². The number of allylic oxidation sites excluding steroid dienone is 1. The van der Waals surface area contributed by atoms with Crippen LogP contribution in [0.25, 0.3) is 17.1 Å². The number of rotatable bonds is 1. The van der Waals surface area contributed by atoms with Gasteiger partial charge in [-0.3, -0.25) is 0 Å². The summed E-state index contributed by atoms with van der Waals surface area (Å²) in [6, 6.07) is 6.34. The van der Waals surface area contributed by atoms with Crippen LogP contribution in [0, 0.1) is 6.92 Å². The van der Waals surface area contributed by atoms with Crippen molar-refractivity contribution in [2.24, 2.45) is 7.05 Å². The van der Waals surface area contributed by atoms with Crippen molar-refractivity contribution >= 4 is 23.9 Å². The highest BCUT2D eigenvalue weighted by Crippen LogP contribution is 2.16. The molecule has 0 amide bonds. The predicted octanol–water partition coefficient (Wildman–Crippen LogP) is 2.32. The maximum absolute atomic E-state index is 8.00. The number of hydrogen-bond donors (Lipinski definition) is 2. The average molecular weight is 263 g/mol. The molecule has 2 N–H and O–H groups in total. The summed E-state index contributed by atoms with van der Waals surface area (Å²) in [4.78, 5) is 12.5. The van der Waals surface area contributed by atoms with E-state index in [0.29, 0.717) is 0 Å². The SMILES string of the molecule is C/C=C/c1ccc2c(c1)nc(C)n2C.C=O.CNO. The molecule has 19 heavy (non-hydrogen) atoms. The van der Waals surface area contributed by atoms with Gasteiger partial charge in [-0.1, -0.05) is 18.2 Å². The van der Waals surface area contributed by atoms with E-state index in [9.17, 15) is 0 Å². The van der Waals surface area contributed by atoms with Gasteiger partial charge in [-0.2, -0.15) is 0 Å². The van der Waals surface area contributed by atoms with E-state index in [1.807, 2.05) is 33.8 Å². The molecule has 0 saturated heterocycles. The number of nitrogens with zero attached hydrogens (tertiary/aromatic N) is 2. The van der Waals surface area contributed by atoms with Crippen molar-refractivity contribution < 1.29 is 10.0 Å². The summed E-state index contributed by atoms with van der Waals surface area (Å²) in [7, 11) is 3.47. The lowest BCUT2D eigenvalue weighted by Gasteiger charge is -1.96. The Morgan fingerprint density at radius 2 is 2.00 bits per heavy atom. The summed E-state index contributed by atoms with van der Waals surface area (Å²) in [6.45, 7) is 6.04. The van der Waals surface area contributed by atoms with E-state index in [4.69, 9.17) is 10.0 Å². The Morgan fingerprint density at radius 1 is 1.42 bits per heavy atom. The zero-order chi connectivity index (χ0) is 14.8. The van der Waals surface area contributed by atoms with Crippen molar-refractivity contribution in [2.75, 3.05) is 7.05 Å². The van der Waals surface area contributed by atoms with Crippen molar-refractivity contribution in [3.63, 3.8) is 0 Å². The van der Waals surface area contributed by atoms with Crippen molar-refractivity contribution in [1.29, 1.82) is 0 Å². The van der Waals surface area contributed by atoms with E-state index in [-0.39, 0.29) is 0 Å². The molecule has 0 atom stereocenters. The zero-order valence-corrected chi connectivity index (χ0v) is 11.8. The molecule has 2 rings (SSSR count). The van der Waals surface area contributed by atoms with Crippen LogP contribution in [0.2, 0.25) is 0 Å². The molecule has 0 bridgehead atoms. The Bertz CT molecular complexity index is 533. The van der Waals surface area contributed by atoms with Crippen LogP contribution in [0.15, 0.2) is 24.3 Å². The number of hydrogen-bond acceptors (Lipinski definition) is 4. The molecule has 104 valence electrons. The second kappa shape index (κ2) is 9.02. The van der Waals surface area contributed by atoms with E-state index in [2.05, 4.69) is 33.8 Å². The molecule has 0 spiro atoms. The number of carbonyl (C=O) groups is 1. The van der Waals surface area contributed by atoms with Crippen LogP contribution in [0.3, 0.4) is 0 Å².